The maximum Gasteiger partial charge on any atom is 0.0153 e. The van der Waals surface area contributed by atoms with Crippen molar-refractivity contribution in [3.63, 3.8) is 0 Å². The van der Waals surface area contributed by atoms with Crippen molar-refractivity contribution >= 4 is 0 Å². The van der Waals surface area contributed by atoms with E-state index in [-0.39, 0.29) is 0 Å². The van der Waals surface area contributed by atoms with Crippen molar-refractivity contribution in [2.24, 2.45) is 23.0 Å². The molecule has 1 aliphatic carbocycles. The molecule has 0 aromatic rings. The van der Waals surface area contributed by atoms with Gasteiger partial charge in [-0.2, -0.15) is 0 Å². The summed E-state index contributed by atoms with van der Waals surface area (Å²) in [6.07, 6.45) is 6.58. The highest BCUT2D eigenvalue weighted by Gasteiger charge is 2.38. The van der Waals surface area contributed by atoms with Gasteiger partial charge in [0.2, 0.25) is 0 Å². The Bertz CT molecular complexity index is 303. The maximum atomic E-state index is 6.42. The number of hydrogen-bond donors (Lipinski definition) is 1. The summed E-state index contributed by atoms with van der Waals surface area (Å²) in [5, 5.41) is 0. The summed E-state index contributed by atoms with van der Waals surface area (Å²) in [6.45, 7) is 14.5. The molecule has 0 spiro atoms. The lowest BCUT2D eigenvalue weighted by Gasteiger charge is -2.43. The van der Waals surface area contributed by atoms with E-state index in [1.165, 1.54) is 45.2 Å². The van der Waals surface area contributed by atoms with Gasteiger partial charge in [0.15, 0.2) is 0 Å². The zero-order chi connectivity index (χ0) is 14.3. The molecule has 0 bridgehead atoms. The Labute approximate surface area is 120 Å². The van der Waals surface area contributed by atoms with E-state index in [4.69, 9.17) is 5.73 Å². The lowest BCUT2D eigenvalue weighted by molar-refractivity contribution is 0.0770. The smallest absolute Gasteiger partial charge is 0.0153 e. The van der Waals surface area contributed by atoms with Gasteiger partial charge >= 0.3 is 0 Å². The molecule has 1 aliphatic heterocycles. The molecule has 2 nitrogen and oxygen atoms in total. The molecule has 0 radical (unpaired) electrons. The summed E-state index contributed by atoms with van der Waals surface area (Å²) >= 11 is 0. The Morgan fingerprint density at radius 2 is 1.89 bits per heavy atom. The Kier molecular flexibility index (Phi) is 4.32. The summed E-state index contributed by atoms with van der Waals surface area (Å²) < 4.78 is 0. The van der Waals surface area contributed by atoms with Crippen molar-refractivity contribution in [1.29, 1.82) is 0 Å². The Hall–Kier alpha value is -0.0800. The molecule has 1 saturated carbocycles. The molecule has 0 aromatic heterocycles. The first-order valence-electron chi connectivity index (χ1n) is 8.21. The summed E-state index contributed by atoms with van der Waals surface area (Å²) in [7, 11) is 0. The van der Waals surface area contributed by atoms with Gasteiger partial charge in [0.05, 0.1) is 0 Å². The molecule has 19 heavy (non-hydrogen) atoms. The second-order valence-electron chi connectivity index (χ2n) is 8.66. The average Bonchev–Trinajstić information content (AvgIpc) is 2.60. The van der Waals surface area contributed by atoms with Gasteiger partial charge < -0.3 is 5.73 Å². The van der Waals surface area contributed by atoms with Gasteiger partial charge in [-0.05, 0) is 69.7 Å². The number of nitrogens with two attached hydrogens (primary N) is 1. The predicted molar refractivity (Wildman–Crippen MR) is 83.1 cm³/mol. The minimum Gasteiger partial charge on any atom is -0.327 e. The highest BCUT2D eigenvalue weighted by molar-refractivity contribution is 4.93. The van der Waals surface area contributed by atoms with Gasteiger partial charge in [-0.1, -0.05) is 20.8 Å². The third kappa shape index (κ3) is 3.52. The van der Waals surface area contributed by atoms with Crippen molar-refractivity contribution in [2.45, 2.75) is 78.3 Å². The largest absolute Gasteiger partial charge is 0.327 e. The Morgan fingerprint density at radius 3 is 2.42 bits per heavy atom. The van der Waals surface area contributed by atoms with E-state index in [2.05, 4.69) is 39.5 Å². The van der Waals surface area contributed by atoms with Crippen LogP contribution in [0.1, 0.15) is 66.7 Å². The van der Waals surface area contributed by atoms with Gasteiger partial charge in [0.25, 0.3) is 0 Å². The fourth-order valence-electron chi connectivity index (χ4n) is 4.07. The van der Waals surface area contributed by atoms with Crippen molar-refractivity contribution in [3.05, 3.63) is 0 Å². The summed E-state index contributed by atoms with van der Waals surface area (Å²) in [6, 6.07) is 0.426. The van der Waals surface area contributed by atoms with Crippen LogP contribution in [0.15, 0.2) is 0 Å². The van der Waals surface area contributed by atoms with Crippen molar-refractivity contribution in [1.82, 2.24) is 4.90 Å². The van der Waals surface area contributed by atoms with E-state index in [0.29, 0.717) is 22.9 Å². The molecule has 1 saturated heterocycles. The minimum absolute atomic E-state index is 0.397. The molecule has 2 heteroatoms. The van der Waals surface area contributed by atoms with Crippen LogP contribution in [-0.2, 0) is 0 Å². The monoisotopic (exact) mass is 266 g/mol. The third-order valence-corrected chi connectivity index (χ3v) is 5.79. The quantitative estimate of drug-likeness (QED) is 0.826. The van der Waals surface area contributed by atoms with E-state index in [0.717, 1.165) is 5.92 Å². The van der Waals surface area contributed by atoms with Crippen molar-refractivity contribution < 1.29 is 0 Å². The fourth-order valence-corrected chi connectivity index (χ4v) is 4.07. The Morgan fingerprint density at radius 1 is 1.21 bits per heavy atom. The highest BCUT2D eigenvalue weighted by atomic mass is 15.2. The van der Waals surface area contributed by atoms with E-state index < -0.39 is 0 Å². The van der Waals surface area contributed by atoms with Crippen molar-refractivity contribution in [3.8, 4) is 0 Å². The molecule has 0 amide bonds. The van der Waals surface area contributed by atoms with Gasteiger partial charge in [-0.15, -0.1) is 0 Å². The molecule has 2 N–H and O–H groups in total. The first-order chi connectivity index (χ1) is 8.70. The van der Waals surface area contributed by atoms with E-state index in [1.807, 2.05) is 0 Å². The zero-order valence-electron chi connectivity index (χ0n) is 13.7. The second kappa shape index (κ2) is 5.37. The Balaban J connectivity index is 1.98. The van der Waals surface area contributed by atoms with Crippen LogP contribution in [0.5, 0.6) is 0 Å². The van der Waals surface area contributed by atoms with Crippen LogP contribution >= 0.6 is 0 Å². The summed E-state index contributed by atoms with van der Waals surface area (Å²) in [5.41, 5.74) is 7.27. The highest BCUT2D eigenvalue weighted by Crippen LogP contribution is 2.41. The van der Waals surface area contributed by atoms with E-state index >= 15 is 0 Å². The standard InChI is InChI=1S/C17H34N2/c1-16(2,3)14-7-8-15(18)13(11-14)12-19-10-6-9-17(19,4)5/h13-15H,6-12,18H2,1-5H3. The van der Waals surface area contributed by atoms with E-state index in [9.17, 15) is 0 Å². The molecule has 2 fully saturated rings. The van der Waals surface area contributed by atoms with Gasteiger partial charge in [-0.3, -0.25) is 4.90 Å². The fraction of sp³-hybridized carbons (Fsp3) is 1.00. The lowest BCUT2D eigenvalue weighted by Crippen LogP contribution is -2.48. The van der Waals surface area contributed by atoms with Gasteiger partial charge in [0, 0.05) is 18.1 Å². The van der Waals surface area contributed by atoms with Gasteiger partial charge in [-0.25, -0.2) is 0 Å². The molecule has 1 heterocycles. The zero-order valence-corrected chi connectivity index (χ0v) is 13.7. The van der Waals surface area contributed by atoms with Crippen LogP contribution in [0.3, 0.4) is 0 Å². The van der Waals surface area contributed by atoms with Crippen LogP contribution in [-0.4, -0.2) is 29.6 Å². The maximum absolute atomic E-state index is 6.42. The van der Waals surface area contributed by atoms with Crippen LogP contribution in [0.25, 0.3) is 0 Å². The topological polar surface area (TPSA) is 29.3 Å². The lowest BCUT2D eigenvalue weighted by atomic mass is 9.67. The minimum atomic E-state index is 0.397. The molecule has 3 atom stereocenters. The number of likely N-dealkylation sites (tertiary alicyclic amines) is 1. The molecule has 0 aromatic carbocycles. The SMILES string of the molecule is CC(C)(C)C1CCC(N)C(CN2CCCC2(C)C)C1. The first-order valence-corrected chi connectivity index (χ1v) is 8.21. The van der Waals surface area contributed by atoms with Crippen LogP contribution in [0.4, 0.5) is 0 Å². The van der Waals surface area contributed by atoms with E-state index in [1.54, 1.807) is 0 Å². The van der Waals surface area contributed by atoms with Crippen molar-refractivity contribution in [2.75, 3.05) is 13.1 Å². The third-order valence-electron chi connectivity index (χ3n) is 5.79. The summed E-state index contributed by atoms with van der Waals surface area (Å²) in [5.74, 6) is 1.55. The van der Waals surface area contributed by atoms with Crippen LogP contribution in [0.2, 0.25) is 0 Å². The number of rotatable bonds is 2. The molecule has 3 unspecified atom stereocenters. The van der Waals surface area contributed by atoms with Crippen LogP contribution in [0, 0.1) is 17.3 Å². The summed E-state index contributed by atoms with van der Waals surface area (Å²) in [4.78, 5) is 2.70. The normalized spacial score (nSPS) is 36.6. The molecular formula is C17H34N2. The molecular weight excluding hydrogens is 232 g/mol. The first kappa shape index (κ1) is 15.3. The second-order valence-corrected chi connectivity index (χ2v) is 8.66. The van der Waals surface area contributed by atoms with Gasteiger partial charge in [0.1, 0.15) is 0 Å². The molecule has 2 rings (SSSR count). The average molecular weight is 266 g/mol. The number of hydrogen-bond acceptors (Lipinski definition) is 2. The molecule has 112 valence electrons. The number of nitrogens with zero attached hydrogens (tertiary/aromatic N) is 1. The predicted octanol–water partition coefficient (Wildman–Crippen LogP) is 3.65. The molecule has 2 aliphatic rings. The van der Waals surface area contributed by atoms with Crippen LogP contribution < -0.4 is 5.73 Å².